The van der Waals surface area contributed by atoms with E-state index in [-0.39, 0.29) is 0 Å². The largest absolute Gasteiger partial charge is 0.329 e. The zero-order chi connectivity index (χ0) is 7.68. The van der Waals surface area contributed by atoms with E-state index in [1.54, 1.807) is 0 Å². The monoisotopic (exact) mass is 151 g/mol. The Labute approximate surface area is 66.2 Å². The molecule has 0 atom stereocenters. The summed E-state index contributed by atoms with van der Waals surface area (Å²) in [5, 5.41) is 4.40. The first kappa shape index (κ1) is 6.85. The highest BCUT2D eigenvalue weighted by molar-refractivity contribution is 5.12. The van der Waals surface area contributed by atoms with Crippen LogP contribution in [0.4, 0.5) is 0 Å². The Balaban J connectivity index is 2.06. The molecule has 1 fully saturated rings. The summed E-state index contributed by atoms with van der Waals surface area (Å²) in [4.78, 5) is 0. The van der Waals surface area contributed by atoms with E-state index in [4.69, 9.17) is 5.73 Å². The average molecular weight is 151 g/mol. The number of hydrogen-bond donors (Lipinski definition) is 1. The van der Waals surface area contributed by atoms with Crippen molar-refractivity contribution in [3.8, 4) is 0 Å². The Morgan fingerprint density at radius 1 is 1.64 bits per heavy atom. The van der Waals surface area contributed by atoms with Crippen LogP contribution in [0.5, 0.6) is 0 Å². The fraction of sp³-hybridized carbons (Fsp3) is 0.625. The molecule has 60 valence electrons. The highest BCUT2D eigenvalue weighted by Gasteiger charge is 2.25. The molecule has 3 heteroatoms. The quantitative estimate of drug-likeness (QED) is 0.691. The molecule has 2 N–H and O–H groups in total. The van der Waals surface area contributed by atoms with Gasteiger partial charge in [-0.3, -0.25) is 4.68 Å². The summed E-state index contributed by atoms with van der Waals surface area (Å²) in [5.41, 5.74) is 6.65. The molecule has 1 aromatic rings. The third-order valence-electron chi connectivity index (χ3n) is 2.02. The van der Waals surface area contributed by atoms with Gasteiger partial charge in [0, 0.05) is 18.7 Å². The predicted molar refractivity (Wildman–Crippen MR) is 43.3 cm³/mol. The lowest BCUT2D eigenvalue weighted by molar-refractivity contribution is 0.615. The minimum Gasteiger partial charge on any atom is -0.329 e. The van der Waals surface area contributed by atoms with Gasteiger partial charge >= 0.3 is 0 Å². The molecule has 2 rings (SSSR count). The molecule has 0 spiro atoms. The molecular formula is C8H13N3. The van der Waals surface area contributed by atoms with Gasteiger partial charge in [0.2, 0.25) is 0 Å². The highest BCUT2D eigenvalue weighted by Crippen LogP contribution is 2.38. The maximum absolute atomic E-state index is 5.40. The van der Waals surface area contributed by atoms with Gasteiger partial charge in [-0.25, -0.2) is 0 Å². The molecule has 1 heterocycles. The molecule has 1 aliphatic rings. The normalized spacial score (nSPS) is 17.2. The second-order valence-electron chi connectivity index (χ2n) is 3.07. The highest BCUT2D eigenvalue weighted by atomic mass is 15.3. The van der Waals surface area contributed by atoms with Crippen molar-refractivity contribution in [3.63, 3.8) is 0 Å². The van der Waals surface area contributed by atoms with E-state index in [2.05, 4.69) is 11.2 Å². The molecule has 0 aliphatic heterocycles. The van der Waals surface area contributed by atoms with Gasteiger partial charge in [-0.2, -0.15) is 5.10 Å². The van der Waals surface area contributed by atoms with Gasteiger partial charge in [0.25, 0.3) is 0 Å². The fourth-order valence-electron chi connectivity index (χ4n) is 1.23. The lowest BCUT2D eigenvalue weighted by Gasteiger charge is -1.95. The van der Waals surface area contributed by atoms with Crippen LogP contribution in [0.2, 0.25) is 0 Å². The standard InChI is InChI=1S/C8H13N3/c9-4-6-11-5-3-8(10-11)7-1-2-7/h3,5,7H,1-2,4,6,9H2. The van der Waals surface area contributed by atoms with E-state index >= 15 is 0 Å². The van der Waals surface area contributed by atoms with Crippen LogP contribution in [0.1, 0.15) is 24.5 Å². The van der Waals surface area contributed by atoms with Crippen LogP contribution in [0.15, 0.2) is 12.3 Å². The van der Waals surface area contributed by atoms with Crippen LogP contribution in [0, 0.1) is 0 Å². The maximum atomic E-state index is 5.40. The number of aromatic nitrogens is 2. The van der Waals surface area contributed by atoms with Crippen molar-refractivity contribution in [1.29, 1.82) is 0 Å². The molecule has 11 heavy (non-hydrogen) atoms. The Bertz CT molecular complexity index is 237. The van der Waals surface area contributed by atoms with Crippen molar-refractivity contribution in [1.82, 2.24) is 9.78 Å². The van der Waals surface area contributed by atoms with E-state index in [1.165, 1.54) is 18.5 Å². The van der Waals surface area contributed by atoms with Crippen LogP contribution in [-0.4, -0.2) is 16.3 Å². The van der Waals surface area contributed by atoms with E-state index < -0.39 is 0 Å². The molecule has 1 aromatic heterocycles. The van der Waals surface area contributed by atoms with Crippen molar-refractivity contribution in [2.75, 3.05) is 6.54 Å². The van der Waals surface area contributed by atoms with Crippen LogP contribution in [-0.2, 0) is 6.54 Å². The topological polar surface area (TPSA) is 43.8 Å². The molecular weight excluding hydrogens is 138 g/mol. The van der Waals surface area contributed by atoms with Gasteiger partial charge < -0.3 is 5.73 Å². The zero-order valence-electron chi connectivity index (χ0n) is 6.53. The minimum absolute atomic E-state index is 0.672. The SMILES string of the molecule is NCCn1ccc(C2CC2)n1. The summed E-state index contributed by atoms with van der Waals surface area (Å²) in [5.74, 6) is 0.758. The van der Waals surface area contributed by atoms with Gasteiger partial charge in [0.15, 0.2) is 0 Å². The third-order valence-corrected chi connectivity index (χ3v) is 2.02. The molecule has 1 saturated carbocycles. The van der Waals surface area contributed by atoms with Gasteiger partial charge in [0.1, 0.15) is 0 Å². The minimum atomic E-state index is 0.672. The second-order valence-corrected chi connectivity index (χ2v) is 3.07. The Morgan fingerprint density at radius 2 is 2.45 bits per heavy atom. The van der Waals surface area contributed by atoms with Gasteiger partial charge in [-0.1, -0.05) is 0 Å². The molecule has 0 radical (unpaired) electrons. The number of hydrogen-bond acceptors (Lipinski definition) is 2. The van der Waals surface area contributed by atoms with Crippen molar-refractivity contribution in [3.05, 3.63) is 18.0 Å². The van der Waals surface area contributed by atoms with Gasteiger partial charge in [-0.05, 0) is 18.9 Å². The summed E-state index contributed by atoms with van der Waals surface area (Å²) in [6.07, 6.45) is 4.65. The van der Waals surface area contributed by atoms with Crippen LogP contribution in [0.25, 0.3) is 0 Å². The molecule has 0 amide bonds. The van der Waals surface area contributed by atoms with E-state index in [9.17, 15) is 0 Å². The molecule has 0 unspecified atom stereocenters. The molecule has 0 aromatic carbocycles. The zero-order valence-corrected chi connectivity index (χ0v) is 6.53. The Hall–Kier alpha value is -0.830. The summed E-state index contributed by atoms with van der Waals surface area (Å²) in [6, 6.07) is 2.10. The Morgan fingerprint density at radius 3 is 3.09 bits per heavy atom. The lowest BCUT2D eigenvalue weighted by Crippen LogP contribution is -2.10. The van der Waals surface area contributed by atoms with Crippen LogP contribution >= 0.6 is 0 Å². The lowest BCUT2D eigenvalue weighted by atomic mass is 10.3. The van der Waals surface area contributed by atoms with Crippen molar-refractivity contribution in [2.45, 2.75) is 25.3 Å². The summed E-state index contributed by atoms with van der Waals surface area (Å²) < 4.78 is 1.92. The summed E-state index contributed by atoms with van der Waals surface area (Å²) >= 11 is 0. The molecule has 1 aliphatic carbocycles. The van der Waals surface area contributed by atoms with Crippen molar-refractivity contribution >= 4 is 0 Å². The van der Waals surface area contributed by atoms with E-state index in [1.807, 2.05) is 10.9 Å². The van der Waals surface area contributed by atoms with Gasteiger partial charge in [0.05, 0.1) is 12.2 Å². The fourth-order valence-corrected chi connectivity index (χ4v) is 1.23. The molecule has 0 bridgehead atoms. The Kier molecular flexibility index (Phi) is 1.66. The average Bonchev–Trinajstić information content (AvgIpc) is 2.75. The number of rotatable bonds is 3. The summed E-state index contributed by atoms with van der Waals surface area (Å²) in [7, 11) is 0. The van der Waals surface area contributed by atoms with Crippen LogP contribution < -0.4 is 5.73 Å². The number of nitrogens with zero attached hydrogens (tertiary/aromatic N) is 2. The second kappa shape index (κ2) is 2.66. The van der Waals surface area contributed by atoms with Gasteiger partial charge in [-0.15, -0.1) is 0 Å². The first-order valence-electron chi connectivity index (χ1n) is 4.13. The number of nitrogens with two attached hydrogens (primary N) is 1. The van der Waals surface area contributed by atoms with Crippen molar-refractivity contribution in [2.24, 2.45) is 5.73 Å². The first-order valence-corrected chi connectivity index (χ1v) is 4.13. The molecule has 0 saturated heterocycles. The van der Waals surface area contributed by atoms with Crippen molar-refractivity contribution < 1.29 is 0 Å². The first-order chi connectivity index (χ1) is 5.40. The smallest absolute Gasteiger partial charge is 0.0655 e. The maximum Gasteiger partial charge on any atom is 0.0655 e. The van der Waals surface area contributed by atoms with E-state index in [0.29, 0.717) is 6.54 Å². The summed E-state index contributed by atoms with van der Waals surface area (Å²) in [6.45, 7) is 1.51. The van der Waals surface area contributed by atoms with Crippen LogP contribution in [0.3, 0.4) is 0 Å². The predicted octanol–water partition coefficient (Wildman–Crippen LogP) is 0.719. The third kappa shape index (κ3) is 1.43. The van der Waals surface area contributed by atoms with E-state index in [0.717, 1.165) is 12.5 Å². The molecule has 3 nitrogen and oxygen atoms in total.